The lowest BCUT2D eigenvalue weighted by Crippen LogP contribution is -2.25. The van der Waals surface area contributed by atoms with Gasteiger partial charge in [-0.05, 0) is 25.0 Å². The second kappa shape index (κ2) is 7.42. The van der Waals surface area contributed by atoms with Crippen LogP contribution < -0.4 is 5.32 Å². The van der Waals surface area contributed by atoms with Gasteiger partial charge < -0.3 is 15.4 Å². The van der Waals surface area contributed by atoms with Gasteiger partial charge in [0.1, 0.15) is 5.82 Å². The monoisotopic (exact) mass is 289 g/mol. The molecular formula is C15H19N3O3. The van der Waals surface area contributed by atoms with Crippen molar-refractivity contribution >= 4 is 22.9 Å². The Hall–Kier alpha value is -2.37. The number of aliphatic carboxylic acids is 1. The van der Waals surface area contributed by atoms with Crippen LogP contribution >= 0.6 is 0 Å². The van der Waals surface area contributed by atoms with Gasteiger partial charge in [-0.25, -0.2) is 4.98 Å². The molecule has 1 amide bonds. The molecule has 1 aromatic heterocycles. The van der Waals surface area contributed by atoms with Gasteiger partial charge in [-0.2, -0.15) is 0 Å². The molecule has 3 N–H and O–H groups in total. The van der Waals surface area contributed by atoms with E-state index in [1.807, 2.05) is 24.3 Å². The maximum atomic E-state index is 11.6. The van der Waals surface area contributed by atoms with Crippen molar-refractivity contribution in [3.05, 3.63) is 30.1 Å². The molecule has 0 bridgehead atoms. The average Bonchev–Trinajstić information content (AvgIpc) is 2.86. The highest BCUT2D eigenvalue weighted by molar-refractivity contribution is 5.76. The van der Waals surface area contributed by atoms with E-state index in [-0.39, 0.29) is 12.3 Å². The summed E-state index contributed by atoms with van der Waals surface area (Å²) in [4.78, 5) is 29.5. The Bertz CT molecular complexity index is 588. The van der Waals surface area contributed by atoms with Crippen LogP contribution in [0.25, 0.3) is 11.0 Å². The quantitative estimate of drug-likeness (QED) is 0.646. The van der Waals surface area contributed by atoms with Crippen molar-refractivity contribution in [2.75, 3.05) is 6.54 Å². The van der Waals surface area contributed by atoms with Crippen molar-refractivity contribution in [2.45, 2.75) is 32.1 Å². The van der Waals surface area contributed by atoms with Crippen LogP contribution in [-0.2, 0) is 16.0 Å². The Morgan fingerprint density at radius 2 is 1.95 bits per heavy atom. The standard InChI is InChI=1S/C15H19N3O3/c19-14(7-3-4-8-15(20)21)16-10-9-13-17-11-5-1-2-6-12(11)18-13/h1-2,5-6H,3-4,7-10H2,(H,16,19)(H,17,18)(H,20,21). The highest BCUT2D eigenvalue weighted by Crippen LogP contribution is 2.10. The third-order valence-corrected chi connectivity index (χ3v) is 3.17. The van der Waals surface area contributed by atoms with Crippen LogP contribution in [0.1, 0.15) is 31.5 Å². The smallest absolute Gasteiger partial charge is 0.303 e. The van der Waals surface area contributed by atoms with Gasteiger partial charge in [0.2, 0.25) is 5.91 Å². The fourth-order valence-electron chi connectivity index (χ4n) is 2.09. The summed E-state index contributed by atoms with van der Waals surface area (Å²) in [6.45, 7) is 0.525. The third kappa shape index (κ3) is 4.91. The molecule has 0 spiro atoms. The second-order valence-corrected chi connectivity index (χ2v) is 4.90. The molecule has 0 aliphatic carbocycles. The maximum absolute atomic E-state index is 11.6. The molecule has 2 aromatic rings. The lowest BCUT2D eigenvalue weighted by atomic mass is 10.2. The van der Waals surface area contributed by atoms with Gasteiger partial charge in [-0.1, -0.05) is 12.1 Å². The zero-order valence-corrected chi connectivity index (χ0v) is 11.8. The van der Waals surface area contributed by atoms with Gasteiger partial charge in [0.25, 0.3) is 0 Å². The Kier molecular flexibility index (Phi) is 5.31. The molecular weight excluding hydrogens is 270 g/mol. The number of carbonyl (C=O) groups excluding carboxylic acids is 1. The lowest BCUT2D eigenvalue weighted by Gasteiger charge is -2.03. The highest BCUT2D eigenvalue weighted by atomic mass is 16.4. The third-order valence-electron chi connectivity index (χ3n) is 3.17. The van der Waals surface area contributed by atoms with Crippen LogP contribution in [0.2, 0.25) is 0 Å². The zero-order valence-electron chi connectivity index (χ0n) is 11.8. The van der Waals surface area contributed by atoms with E-state index in [1.54, 1.807) is 0 Å². The Labute approximate surface area is 122 Å². The number of hydrogen-bond acceptors (Lipinski definition) is 3. The van der Waals surface area contributed by atoms with E-state index >= 15 is 0 Å². The summed E-state index contributed by atoms with van der Waals surface area (Å²) in [5.41, 5.74) is 1.92. The number of carbonyl (C=O) groups is 2. The van der Waals surface area contributed by atoms with Gasteiger partial charge in [-0.15, -0.1) is 0 Å². The van der Waals surface area contributed by atoms with Gasteiger partial charge in [-0.3, -0.25) is 9.59 Å². The molecule has 6 nitrogen and oxygen atoms in total. The number of rotatable bonds is 8. The summed E-state index contributed by atoms with van der Waals surface area (Å²) < 4.78 is 0. The molecule has 0 radical (unpaired) electrons. The van der Waals surface area contributed by atoms with Crippen LogP contribution in [0.3, 0.4) is 0 Å². The van der Waals surface area contributed by atoms with Crippen molar-refractivity contribution in [3.63, 3.8) is 0 Å². The average molecular weight is 289 g/mol. The minimum Gasteiger partial charge on any atom is -0.481 e. The number of fused-ring (bicyclic) bond motifs is 1. The molecule has 0 atom stereocenters. The normalized spacial score (nSPS) is 10.7. The number of H-pyrrole nitrogens is 1. The molecule has 2 rings (SSSR count). The number of imidazole rings is 1. The van der Waals surface area contributed by atoms with Crippen molar-refractivity contribution in [1.82, 2.24) is 15.3 Å². The van der Waals surface area contributed by atoms with Crippen LogP contribution in [0.5, 0.6) is 0 Å². The summed E-state index contributed by atoms with van der Waals surface area (Å²) in [6, 6.07) is 7.79. The molecule has 6 heteroatoms. The Balaban J connectivity index is 1.66. The Morgan fingerprint density at radius 1 is 1.19 bits per heavy atom. The van der Waals surface area contributed by atoms with E-state index in [4.69, 9.17) is 5.11 Å². The summed E-state index contributed by atoms with van der Waals surface area (Å²) in [6.07, 6.45) is 2.27. The van der Waals surface area contributed by atoms with Gasteiger partial charge in [0.15, 0.2) is 0 Å². The largest absolute Gasteiger partial charge is 0.481 e. The number of nitrogens with one attached hydrogen (secondary N) is 2. The minimum absolute atomic E-state index is 0.0449. The number of unbranched alkanes of at least 4 members (excludes halogenated alkanes) is 1. The fourth-order valence-corrected chi connectivity index (χ4v) is 2.09. The zero-order chi connectivity index (χ0) is 15.1. The number of para-hydroxylation sites is 2. The summed E-state index contributed by atoms with van der Waals surface area (Å²) in [5, 5.41) is 11.3. The second-order valence-electron chi connectivity index (χ2n) is 4.90. The van der Waals surface area contributed by atoms with E-state index in [0.717, 1.165) is 16.9 Å². The number of amides is 1. The number of carboxylic acid groups (broad SMARTS) is 1. The van der Waals surface area contributed by atoms with E-state index < -0.39 is 5.97 Å². The van der Waals surface area contributed by atoms with Crippen molar-refractivity contribution in [1.29, 1.82) is 0 Å². The molecule has 0 saturated heterocycles. The number of aromatic amines is 1. The summed E-state index contributed by atoms with van der Waals surface area (Å²) in [7, 11) is 0. The predicted octanol–water partition coefficient (Wildman–Crippen LogP) is 1.87. The van der Waals surface area contributed by atoms with E-state index in [1.165, 1.54) is 0 Å². The molecule has 1 aromatic carbocycles. The van der Waals surface area contributed by atoms with Gasteiger partial charge in [0, 0.05) is 25.8 Å². The number of hydrogen-bond donors (Lipinski definition) is 3. The first kappa shape index (κ1) is 15.0. The fraction of sp³-hybridized carbons (Fsp3) is 0.400. The van der Waals surface area contributed by atoms with E-state index in [0.29, 0.717) is 32.2 Å². The number of carboxylic acids is 1. The minimum atomic E-state index is -0.819. The van der Waals surface area contributed by atoms with E-state index in [2.05, 4.69) is 15.3 Å². The van der Waals surface area contributed by atoms with Gasteiger partial charge in [0.05, 0.1) is 11.0 Å². The molecule has 0 saturated carbocycles. The SMILES string of the molecule is O=C(O)CCCCC(=O)NCCc1nc2ccccc2[nH]1. The first-order valence-electron chi connectivity index (χ1n) is 7.07. The van der Waals surface area contributed by atoms with Crippen LogP contribution in [0, 0.1) is 0 Å². The first-order valence-corrected chi connectivity index (χ1v) is 7.07. The predicted molar refractivity (Wildman–Crippen MR) is 78.9 cm³/mol. The molecule has 1 heterocycles. The van der Waals surface area contributed by atoms with Gasteiger partial charge >= 0.3 is 5.97 Å². The number of aromatic nitrogens is 2. The van der Waals surface area contributed by atoms with Crippen molar-refractivity contribution in [2.24, 2.45) is 0 Å². The van der Waals surface area contributed by atoms with Crippen LogP contribution in [0.15, 0.2) is 24.3 Å². The van der Waals surface area contributed by atoms with Crippen molar-refractivity contribution < 1.29 is 14.7 Å². The molecule has 0 aliphatic heterocycles. The topological polar surface area (TPSA) is 95.1 Å². The summed E-state index contributed by atoms with van der Waals surface area (Å²) in [5.74, 6) is -0.0147. The summed E-state index contributed by atoms with van der Waals surface area (Å²) >= 11 is 0. The lowest BCUT2D eigenvalue weighted by molar-refractivity contribution is -0.137. The number of nitrogens with zero attached hydrogens (tertiary/aromatic N) is 1. The first-order chi connectivity index (χ1) is 10.1. The molecule has 21 heavy (non-hydrogen) atoms. The molecule has 0 aliphatic rings. The molecule has 0 unspecified atom stereocenters. The van der Waals surface area contributed by atoms with E-state index in [9.17, 15) is 9.59 Å². The van der Waals surface area contributed by atoms with Crippen LogP contribution in [0.4, 0.5) is 0 Å². The molecule has 112 valence electrons. The number of benzene rings is 1. The molecule has 0 fully saturated rings. The van der Waals surface area contributed by atoms with Crippen molar-refractivity contribution in [3.8, 4) is 0 Å². The Morgan fingerprint density at radius 3 is 2.71 bits per heavy atom. The highest BCUT2D eigenvalue weighted by Gasteiger charge is 2.05. The maximum Gasteiger partial charge on any atom is 0.303 e. The van der Waals surface area contributed by atoms with Crippen LogP contribution in [-0.4, -0.2) is 33.5 Å².